The molecule has 0 unspecified atom stereocenters. The van der Waals surface area contributed by atoms with Gasteiger partial charge < -0.3 is 9.47 Å². The monoisotopic (exact) mass is 486 g/mol. The number of carbonyl (C=O) groups excluding carboxylic acids is 2. The van der Waals surface area contributed by atoms with Crippen molar-refractivity contribution in [2.45, 2.75) is 118 Å². The Bertz CT molecular complexity index is 828. The minimum atomic E-state index is -0.240. The Hall–Kier alpha value is -1.16. The van der Waals surface area contributed by atoms with Crippen molar-refractivity contribution >= 4 is 11.8 Å². The lowest BCUT2D eigenvalue weighted by Gasteiger charge is -2.56. The number of Topliss-reactive ketones (excluding diaryl/α,β-unsaturated/α-hetero) is 1. The van der Waals surface area contributed by atoms with E-state index >= 15 is 0 Å². The molecule has 4 aliphatic carbocycles. The van der Waals surface area contributed by atoms with Gasteiger partial charge in [0, 0.05) is 18.9 Å². The zero-order chi connectivity index (χ0) is 25.4. The van der Waals surface area contributed by atoms with Gasteiger partial charge in [-0.15, -0.1) is 0 Å². The number of rotatable bonds is 9. The van der Waals surface area contributed by atoms with E-state index in [4.69, 9.17) is 9.47 Å². The first-order valence-electron chi connectivity index (χ1n) is 14.6. The highest BCUT2D eigenvalue weighted by molar-refractivity contribution is 6.00. The summed E-state index contributed by atoms with van der Waals surface area (Å²) in [6.07, 6.45) is 13.0. The molecule has 0 aromatic carbocycles. The van der Waals surface area contributed by atoms with Crippen LogP contribution >= 0.6 is 0 Å². The predicted octanol–water partition coefficient (Wildman–Crippen LogP) is 7.30. The van der Waals surface area contributed by atoms with Crippen LogP contribution in [0.25, 0.3) is 0 Å². The highest BCUT2D eigenvalue weighted by atomic mass is 16.6. The predicted molar refractivity (Wildman–Crippen MR) is 140 cm³/mol. The largest absolute Gasteiger partial charge is 0.463 e. The molecule has 4 rings (SSSR count). The fourth-order valence-electron chi connectivity index (χ4n) is 8.75. The van der Waals surface area contributed by atoms with E-state index < -0.39 is 0 Å². The van der Waals surface area contributed by atoms with Crippen molar-refractivity contribution in [2.75, 3.05) is 13.2 Å². The molecular weight excluding hydrogens is 436 g/mol. The molecule has 3 saturated carbocycles. The molecule has 0 heterocycles. The van der Waals surface area contributed by atoms with Gasteiger partial charge in [-0.3, -0.25) is 9.59 Å². The molecule has 0 bridgehead atoms. The van der Waals surface area contributed by atoms with E-state index in [1.807, 2.05) is 0 Å². The van der Waals surface area contributed by atoms with Crippen LogP contribution in [0.15, 0.2) is 11.1 Å². The number of ketones is 1. The van der Waals surface area contributed by atoms with E-state index in [-0.39, 0.29) is 17.5 Å². The van der Waals surface area contributed by atoms with Crippen molar-refractivity contribution in [3.05, 3.63) is 11.1 Å². The molecule has 0 aliphatic heterocycles. The van der Waals surface area contributed by atoms with Gasteiger partial charge in [-0.1, -0.05) is 59.5 Å². The van der Waals surface area contributed by atoms with Crippen LogP contribution in [0.2, 0.25) is 0 Å². The molecule has 0 saturated heterocycles. The van der Waals surface area contributed by atoms with Crippen molar-refractivity contribution in [1.82, 2.24) is 0 Å². The second-order valence-corrected chi connectivity index (χ2v) is 13.3. The Balaban J connectivity index is 1.45. The van der Waals surface area contributed by atoms with Crippen LogP contribution in [0.3, 0.4) is 0 Å². The third-order valence-electron chi connectivity index (χ3n) is 10.7. The summed E-state index contributed by atoms with van der Waals surface area (Å²) in [7, 11) is 0. The summed E-state index contributed by atoms with van der Waals surface area (Å²) in [5, 5.41) is 0. The zero-order valence-electron chi connectivity index (χ0n) is 23.3. The lowest BCUT2D eigenvalue weighted by Crippen LogP contribution is -2.49. The van der Waals surface area contributed by atoms with Crippen LogP contribution in [-0.4, -0.2) is 31.1 Å². The summed E-state index contributed by atoms with van der Waals surface area (Å²) >= 11 is 0. The first-order chi connectivity index (χ1) is 16.6. The van der Waals surface area contributed by atoms with Crippen molar-refractivity contribution in [3.63, 3.8) is 0 Å². The molecule has 0 radical (unpaired) electrons. The second-order valence-electron chi connectivity index (χ2n) is 13.3. The van der Waals surface area contributed by atoms with Crippen LogP contribution < -0.4 is 0 Å². The van der Waals surface area contributed by atoms with Crippen LogP contribution in [0, 0.1) is 40.4 Å². The molecule has 4 nitrogen and oxygen atoms in total. The third-order valence-corrected chi connectivity index (χ3v) is 10.7. The Kier molecular flexibility index (Phi) is 8.20. The number of allylic oxidation sites excluding steroid dienone is 2. The molecule has 0 aromatic rings. The molecule has 35 heavy (non-hydrogen) atoms. The summed E-state index contributed by atoms with van der Waals surface area (Å²) in [6.45, 7) is 14.3. The van der Waals surface area contributed by atoms with Gasteiger partial charge in [0.1, 0.15) is 6.61 Å². The van der Waals surface area contributed by atoms with E-state index in [1.54, 1.807) is 5.57 Å². The molecule has 4 heteroatoms. The van der Waals surface area contributed by atoms with Crippen LogP contribution in [0.4, 0.5) is 0 Å². The molecule has 198 valence electrons. The van der Waals surface area contributed by atoms with Gasteiger partial charge in [-0.2, -0.15) is 0 Å². The van der Waals surface area contributed by atoms with Crippen molar-refractivity contribution in [2.24, 2.45) is 40.4 Å². The lowest BCUT2D eigenvalue weighted by molar-refractivity contribution is -0.144. The number of ether oxygens (including phenoxy) is 2. The standard InChI is InChI=1S/C31H50O4/c1-20(2)8-7-9-21(3)27-19-28(33)29-25-11-10-23-18-24(35-17-16-34-22(4)32)12-14-30(23,5)26(25)13-15-31(27,29)6/h20-21,23-24,26-27H,7-19H2,1-6H3/t21-,23+,24+,26+,27-,30+,31-/m1/s1. The highest BCUT2D eigenvalue weighted by Gasteiger charge is 2.58. The Labute approximate surface area is 214 Å². The Morgan fingerprint density at radius 1 is 1.06 bits per heavy atom. The first-order valence-corrected chi connectivity index (χ1v) is 14.6. The molecule has 3 fully saturated rings. The van der Waals surface area contributed by atoms with E-state index in [0.717, 1.165) is 31.6 Å². The van der Waals surface area contributed by atoms with Gasteiger partial charge in [0.2, 0.25) is 0 Å². The summed E-state index contributed by atoms with van der Waals surface area (Å²) in [5.74, 6) is 3.40. The van der Waals surface area contributed by atoms with Crippen LogP contribution in [-0.2, 0) is 19.1 Å². The zero-order valence-corrected chi connectivity index (χ0v) is 23.3. The van der Waals surface area contributed by atoms with Gasteiger partial charge in [-0.05, 0) is 85.4 Å². The summed E-state index contributed by atoms with van der Waals surface area (Å²) < 4.78 is 11.2. The maximum atomic E-state index is 13.6. The first kappa shape index (κ1) is 26.9. The van der Waals surface area contributed by atoms with E-state index in [2.05, 4.69) is 34.6 Å². The van der Waals surface area contributed by atoms with E-state index in [1.165, 1.54) is 57.4 Å². The van der Waals surface area contributed by atoms with Gasteiger partial charge in [0.05, 0.1) is 12.7 Å². The molecule has 0 N–H and O–H groups in total. The number of carbonyl (C=O) groups is 2. The number of hydrogen-bond acceptors (Lipinski definition) is 4. The fraction of sp³-hybridized carbons (Fsp3) is 0.871. The third kappa shape index (κ3) is 5.29. The minimum absolute atomic E-state index is 0.0976. The minimum Gasteiger partial charge on any atom is -0.463 e. The summed E-state index contributed by atoms with van der Waals surface area (Å²) in [6, 6.07) is 0. The maximum Gasteiger partial charge on any atom is 0.302 e. The van der Waals surface area contributed by atoms with E-state index in [9.17, 15) is 9.59 Å². The molecule has 4 aliphatic rings. The second kappa shape index (κ2) is 10.7. The maximum absolute atomic E-state index is 13.6. The molecule has 0 spiro atoms. The molecular formula is C31H50O4. The Morgan fingerprint density at radius 3 is 2.54 bits per heavy atom. The van der Waals surface area contributed by atoms with Crippen molar-refractivity contribution in [1.29, 1.82) is 0 Å². The van der Waals surface area contributed by atoms with Gasteiger partial charge in [0.15, 0.2) is 5.78 Å². The van der Waals surface area contributed by atoms with Crippen molar-refractivity contribution < 1.29 is 19.1 Å². The average molecular weight is 487 g/mol. The quantitative estimate of drug-likeness (QED) is 0.253. The topological polar surface area (TPSA) is 52.6 Å². The Morgan fingerprint density at radius 2 is 1.83 bits per heavy atom. The van der Waals surface area contributed by atoms with Gasteiger partial charge >= 0.3 is 5.97 Å². The number of fused-ring (bicyclic) bond motifs is 4. The van der Waals surface area contributed by atoms with Crippen molar-refractivity contribution in [3.8, 4) is 0 Å². The normalized spacial score (nSPS) is 37.6. The summed E-state index contributed by atoms with van der Waals surface area (Å²) in [5.41, 5.74) is 3.24. The molecule has 7 atom stereocenters. The smallest absolute Gasteiger partial charge is 0.302 e. The summed E-state index contributed by atoms with van der Waals surface area (Å²) in [4.78, 5) is 24.6. The number of esters is 1. The van der Waals surface area contributed by atoms with E-state index in [0.29, 0.717) is 48.1 Å². The number of hydrogen-bond donors (Lipinski definition) is 0. The molecule has 0 amide bonds. The van der Waals surface area contributed by atoms with Gasteiger partial charge in [0.25, 0.3) is 0 Å². The fourth-order valence-corrected chi connectivity index (χ4v) is 8.75. The van der Waals surface area contributed by atoms with Gasteiger partial charge in [-0.25, -0.2) is 0 Å². The SMILES string of the molecule is CC(=O)OCCO[C@H]1CC[C@@]2(C)[C@@H](CCC3=C4C(=O)C[C@H]([C@H](C)CCCC(C)C)[C@@]4(C)CC[C@@H]32)C1. The lowest BCUT2D eigenvalue weighted by atomic mass is 9.48. The van der Waals surface area contributed by atoms with Crippen LogP contribution in [0.1, 0.15) is 112 Å². The van der Waals surface area contributed by atoms with Crippen LogP contribution in [0.5, 0.6) is 0 Å². The highest BCUT2D eigenvalue weighted by Crippen LogP contribution is 2.65. The average Bonchev–Trinajstić information content (AvgIpc) is 3.07. The molecule has 0 aromatic heterocycles.